The summed E-state index contributed by atoms with van der Waals surface area (Å²) >= 11 is 0. The molecule has 2 aromatic rings. The predicted molar refractivity (Wildman–Crippen MR) is 102 cm³/mol. The molecule has 0 fully saturated rings. The lowest BCUT2D eigenvalue weighted by Gasteiger charge is -2.07. The third-order valence-corrected chi connectivity index (χ3v) is 3.76. The van der Waals surface area contributed by atoms with Crippen molar-refractivity contribution in [3.05, 3.63) is 59.9 Å². The van der Waals surface area contributed by atoms with Gasteiger partial charge in [0, 0.05) is 24.1 Å². The van der Waals surface area contributed by atoms with Crippen LogP contribution >= 0.6 is 0 Å². The third-order valence-electron chi connectivity index (χ3n) is 3.76. The van der Waals surface area contributed by atoms with Crippen LogP contribution in [0.25, 0.3) is 0 Å². The number of ether oxygens (including phenoxy) is 2. The minimum absolute atomic E-state index is 0.0212. The fourth-order valence-electron chi connectivity index (χ4n) is 2.36. The van der Waals surface area contributed by atoms with Gasteiger partial charge in [0.25, 0.3) is 0 Å². The van der Waals surface area contributed by atoms with E-state index in [1.54, 1.807) is 24.3 Å². The molecule has 7 heteroatoms. The van der Waals surface area contributed by atoms with Crippen LogP contribution < -0.4 is 10.1 Å². The topological polar surface area (TPSA) is 81.7 Å². The van der Waals surface area contributed by atoms with E-state index in [1.165, 1.54) is 12.1 Å². The monoisotopic (exact) mass is 387 g/mol. The van der Waals surface area contributed by atoms with Gasteiger partial charge in [-0.25, -0.2) is 4.39 Å². The molecule has 148 valence electrons. The van der Waals surface area contributed by atoms with E-state index in [0.29, 0.717) is 18.7 Å². The molecule has 1 amide bonds. The zero-order valence-corrected chi connectivity index (χ0v) is 15.6. The largest absolute Gasteiger partial charge is 0.494 e. The number of rotatable bonds is 10. The SMILES string of the molecule is CCOc1ccc(NC(=O)CCCC(=O)OCC(=O)c2ccc(F)cc2)cc1. The Morgan fingerprint density at radius 3 is 2.29 bits per heavy atom. The van der Waals surface area contributed by atoms with Crippen LogP contribution in [0.1, 0.15) is 36.5 Å². The molecule has 2 rings (SSSR count). The summed E-state index contributed by atoms with van der Waals surface area (Å²) in [6.45, 7) is 2.04. The van der Waals surface area contributed by atoms with Gasteiger partial charge in [0.05, 0.1) is 6.61 Å². The summed E-state index contributed by atoms with van der Waals surface area (Å²) in [6, 6.07) is 12.0. The highest BCUT2D eigenvalue weighted by atomic mass is 19.1. The standard InChI is InChI=1S/C21H22FNO5/c1-2-27-18-12-10-17(11-13-18)23-20(25)4-3-5-21(26)28-14-19(24)15-6-8-16(22)9-7-15/h6-13H,2-5,14H2,1H3,(H,23,25). The van der Waals surface area contributed by atoms with Gasteiger partial charge in [-0.05, 0) is 61.9 Å². The number of halogens is 1. The van der Waals surface area contributed by atoms with Gasteiger partial charge in [-0.1, -0.05) is 0 Å². The Morgan fingerprint density at radius 1 is 0.964 bits per heavy atom. The van der Waals surface area contributed by atoms with E-state index < -0.39 is 24.2 Å². The molecule has 0 bridgehead atoms. The molecule has 0 spiro atoms. The number of carbonyl (C=O) groups excluding carboxylic acids is 3. The van der Waals surface area contributed by atoms with Gasteiger partial charge in [0.2, 0.25) is 5.91 Å². The fraction of sp³-hybridized carbons (Fsp3) is 0.286. The molecule has 0 aromatic heterocycles. The van der Waals surface area contributed by atoms with Crippen LogP contribution in [0.2, 0.25) is 0 Å². The fourth-order valence-corrected chi connectivity index (χ4v) is 2.36. The molecule has 28 heavy (non-hydrogen) atoms. The molecule has 0 heterocycles. The molecular formula is C21H22FNO5. The molecule has 0 aliphatic carbocycles. The van der Waals surface area contributed by atoms with Gasteiger partial charge in [-0.15, -0.1) is 0 Å². The Morgan fingerprint density at radius 2 is 1.64 bits per heavy atom. The maximum atomic E-state index is 12.8. The number of anilines is 1. The highest BCUT2D eigenvalue weighted by Gasteiger charge is 2.11. The van der Waals surface area contributed by atoms with Crippen molar-refractivity contribution in [2.24, 2.45) is 0 Å². The second-order valence-corrected chi connectivity index (χ2v) is 5.95. The first-order valence-corrected chi connectivity index (χ1v) is 8.95. The van der Waals surface area contributed by atoms with E-state index in [9.17, 15) is 18.8 Å². The average molecular weight is 387 g/mol. The van der Waals surface area contributed by atoms with Crippen molar-refractivity contribution < 1.29 is 28.2 Å². The van der Waals surface area contributed by atoms with Crippen molar-refractivity contribution in [1.29, 1.82) is 0 Å². The van der Waals surface area contributed by atoms with Crippen LogP contribution in [0.15, 0.2) is 48.5 Å². The van der Waals surface area contributed by atoms with E-state index in [-0.39, 0.29) is 24.3 Å². The minimum Gasteiger partial charge on any atom is -0.494 e. The number of esters is 1. The third kappa shape index (κ3) is 7.19. The van der Waals surface area contributed by atoms with Gasteiger partial charge < -0.3 is 14.8 Å². The molecule has 0 saturated carbocycles. The first-order valence-electron chi connectivity index (χ1n) is 8.95. The Bertz CT molecular complexity index is 803. The zero-order valence-electron chi connectivity index (χ0n) is 15.6. The number of nitrogens with one attached hydrogen (secondary N) is 1. The van der Waals surface area contributed by atoms with Crippen molar-refractivity contribution in [2.45, 2.75) is 26.2 Å². The number of benzene rings is 2. The van der Waals surface area contributed by atoms with E-state index in [2.05, 4.69) is 5.32 Å². The Labute approximate surface area is 162 Å². The molecule has 1 N–H and O–H groups in total. The highest BCUT2D eigenvalue weighted by molar-refractivity contribution is 5.98. The smallest absolute Gasteiger partial charge is 0.306 e. The Kier molecular flexibility index (Phi) is 8.14. The lowest BCUT2D eigenvalue weighted by Crippen LogP contribution is -2.15. The lowest BCUT2D eigenvalue weighted by molar-refractivity contribution is -0.142. The summed E-state index contributed by atoms with van der Waals surface area (Å²) in [5.41, 5.74) is 0.907. The van der Waals surface area contributed by atoms with E-state index >= 15 is 0 Å². The number of amides is 1. The molecule has 0 atom stereocenters. The lowest BCUT2D eigenvalue weighted by atomic mass is 10.1. The second-order valence-electron chi connectivity index (χ2n) is 5.95. The first kappa shape index (κ1) is 21.1. The Balaban J connectivity index is 1.65. The summed E-state index contributed by atoms with van der Waals surface area (Å²) in [6.07, 6.45) is 0.466. The van der Waals surface area contributed by atoms with E-state index in [4.69, 9.17) is 9.47 Å². The normalized spacial score (nSPS) is 10.2. The van der Waals surface area contributed by atoms with Crippen molar-refractivity contribution >= 4 is 23.3 Å². The summed E-state index contributed by atoms with van der Waals surface area (Å²) < 4.78 is 23.0. The van der Waals surface area contributed by atoms with Crippen LogP contribution in [0.4, 0.5) is 10.1 Å². The van der Waals surface area contributed by atoms with E-state index in [0.717, 1.165) is 17.9 Å². The number of hydrogen-bond acceptors (Lipinski definition) is 5. The first-order chi connectivity index (χ1) is 13.5. The number of ketones is 1. The van der Waals surface area contributed by atoms with Crippen molar-refractivity contribution in [3.63, 3.8) is 0 Å². The molecule has 0 aliphatic rings. The van der Waals surface area contributed by atoms with Crippen LogP contribution in [-0.4, -0.2) is 30.9 Å². The highest BCUT2D eigenvalue weighted by Crippen LogP contribution is 2.16. The van der Waals surface area contributed by atoms with Crippen LogP contribution in [0.3, 0.4) is 0 Å². The molecular weight excluding hydrogens is 365 g/mol. The summed E-state index contributed by atoms with van der Waals surface area (Å²) in [4.78, 5) is 35.4. The second kappa shape index (κ2) is 10.8. The van der Waals surface area contributed by atoms with E-state index in [1.807, 2.05) is 6.92 Å². The van der Waals surface area contributed by atoms with Crippen molar-refractivity contribution in [1.82, 2.24) is 0 Å². The Hall–Kier alpha value is -3.22. The molecule has 0 radical (unpaired) electrons. The predicted octanol–water partition coefficient (Wildman–Crippen LogP) is 3.76. The summed E-state index contributed by atoms with van der Waals surface area (Å²) in [5, 5.41) is 2.73. The molecule has 0 unspecified atom stereocenters. The van der Waals surface area contributed by atoms with Crippen LogP contribution in [0.5, 0.6) is 5.75 Å². The van der Waals surface area contributed by atoms with Crippen LogP contribution in [0, 0.1) is 5.82 Å². The van der Waals surface area contributed by atoms with Gasteiger partial charge in [0.15, 0.2) is 12.4 Å². The van der Waals surface area contributed by atoms with Crippen molar-refractivity contribution in [3.8, 4) is 5.75 Å². The zero-order chi connectivity index (χ0) is 20.4. The maximum absolute atomic E-state index is 12.8. The summed E-state index contributed by atoms with van der Waals surface area (Å²) in [5.74, 6) is -0.930. The number of hydrogen-bond donors (Lipinski definition) is 1. The molecule has 0 saturated heterocycles. The molecule has 6 nitrogen and oxygen atoms in total. The quantitative estimate of drug-likeness (QED) is 0.496. The van der Waals surface area contributed by atoms with Crippen LogP contribution in [-0.2, 0) is 14.3 Å². The van der Waals surface area contributed by atoms with Crippen molar-refractivity contribution in [2.75, 3.05) is 18.5 Å². The molecule has 0 aliphatic heterocycles. The van der Waals surface area contributed by atoms with Gasteiger partial charge in [-0.3, -0.25) is 14.4 Å². The summed E-state index contributed by atoms with van der Waals surface area (Å²) in [7, 11) is 0. The van der Waals surface area contributed by atoms with Gasteiger partial charge in [0.1, 0.15) is 11.6 Å². The average Bonchev–Trinajstić information content (AvgIpc) is 2.68. The van der Waals surface area contributed by atoms with Gasteiger partial charge >= 0.3 is 5.97 Å². The van der Waals surface area contributed by atoms with Gasteiger partial charge in [-0.2, -0.15) is 0 Å². The maximum Gasteiger partial charge on any atom is 0.306 e. The number of Topliss-reactive ketones (excluding diaryl/α,β-unsaturated/α-hetero) is 1. The minimum atomic E-state index is -0.565. The molecule has 2 aromatic carbocycles. The number of carbonyl (C=O) groups is 3.